The maximum Gasteiger partial charge on any atom is 0.321 e. The topological polar surface area (TPSA) is 56.7 Å². The van der Waals surface area contributed by atoms with E-state index in [2.05, 4.69) is 109 Å². The number of rotatable bonds is 10. The van der Waals surface area contributed by atoms with Crippen molar-refractivity contribution in [2.24, 2.45) is 11.3 Å². The highest BCUT2D eigenvalue weighted by Gasteiger charge is 2.45. The van der Waals surface area contributed by atoms with Crippen molar-refractivity contribution < 1.29 is 9.90 Å². The van der Waals surface area contributed by atoms with Gasteiger partial charge in [-0.05, 0) is 85.2 Å². The van der Waals surface area contributed by atoms with Crippen LogP contribution in [0.15, 0.2) is 73.1 Å². The number of carboxylic acid groups (broad SMARTS) is 1. The van der Waals surface area contributed by atoms with Crippen LogP contribution < -0.4 is 0 Å². The normalized spacial score (nSPS) is 21.7. The molecule has 0 saturated carbocycles. The summed E-state index contributed by atoms with van der Waals surface area (Å²) in [5.74, 6) is 0.619. The van der Waals surface area contributed by atoms with Gasteiger partial charge in [0.2, 0.25) is 0 Å². The first-order valence-corrected chi connectivity index (χ1v) is 15.5. The van der Waals surface area contributed by atoms with Crippen LogP contribution in [0.2, 0.25) is 0 Å². The molecule has 3 atom stereocenters. The number of hydrogen-bond acceptors (Lipinski definition) is 4. The zero-order valence-corrected chi connectivity index (χ0v) is 25.3. The summed E-state index contributed by atoms with van der Waals surface area (Å²) in [5.41, 5.74) is 6.32. The lowest BCUT2D eigenvalue weighted by Crippen LogP contribution is -2.49. The van der Waals surface area contributed by atoms with Crippen molar-refractivity contribution in [2.45, 2.75) is 71.3 Å². The molecular formula is C36H47N3O2. The number of nitrogens with zero attached hydrogens (tertiary/aromatic N) is 3. The van der Waals surface area contributed by atoms with E-state index < -0.39 is 12.0 Å². The van der Waals surface area contributed by atoms with Gasteiger partial charge in [-0.2, -0.15) is 0 Å². The molecule has 5 nitrogen and oxygen atoms in total. The van der Waals surface area contributed by atoms with E-state index in [1.807, 2.05) is 6.20 Å². The van der Waals surface area contributed by atoms with Crippen LogP contribution in [-0.4, -0.2) is 64.6 Å². The first-order chi connectivity index (χ1) is 19.7. The Bertz CT molecular complexity index is 1300. The van der Waals surface area contributed by atoms with Crippen molar-refractivity contribution in [2.75, 3.05) is 32.7 Å². The third-order valence-electron chi connectivity index (χ3n) is 9.81. The highest BCUT2D eigenvalue weighted by atomic mass is 16.4. The van der Waals surface area contributed by atoms with E-state index in [1.165, 1.54) is 27.8 Å². The number of piperidine rings is 1. The predicted molar refractivity (Wildman–Crippen MR) is 166 cm³/mol. The van der Waals surface area contributed by atoms with Gasteiger partial charge in [-0.1, -0.05) is 87.0 Å². The fourth-order valence-electron chi connectivity index (χ4n) is 7.20. The molecule has 1 aromatic heterocycles. The Morgan fingerprint density at radius 1 is 0.976 bits per heavy atom. The Hall–Kier alpha value is -3.02. The molecule has 41 heavy (non-hydrogen) atoms. The number of aromatic nitrogens is 1. The minimum absolute atomic E-state index is 0.278. The van der Waals surface area contributed by atoms with E-state index >= 15 is 0 Å². The molecule has 0 bridgehead atoms. The maximum absolute atomic E-state index is 12.5. The molecule has 2 aliphatic rings. The number of carboxylic acids is 1. The largest absolute Gasteiger partial charge is 0.480 e. The Labute approximate surface area is 246 Å². The number of aliphatic carboxylic acids is 1. The van der Waals surface area contributed by atoms with Crippen molar-refractivity contribution in [3.8, 4) is 0 Å². The Morgan fingerprint density at radius 3 is 2.41 bits per heavy atom. The SMILES string of the molecule is CCC(C)(C)C(C(=O)O)N1CC(CN2CCC(c3cncc(Cc4ccccc4)c3)CC2)C(c2cccc(C)c2)C1. The van der Waals surface area contributed by atoms with Crippen molar-refractivity contribution in [1.29, 1.82) is 0 Å². The van der Waals surface area contributed by atoms with Gasteiger partial charge in [0.1, 0.15) is 6.04 Å². The van der Waals surface area contributed by atoms with E-state index in [0.29, 0.717) is 17.8 Å². The average molecular weight is 554 g/mol. The second kappa shape index (κ2) is 12.9. The zero-order valence-electron chi connectivity index (χ0n) is 25.3. The van der Waals surface area contributed by atoms with E-state index in [4.69, 9.17) is 0 Å². The van der Waals surface area contributed by atoms with Gasteiger partial charge in [0, 0.05) is 37.9 Å². The molecule has 0 aliphatic carbocycles. The summed E-state index contributed by atoms with van der Waals surface area (Å²) in [6.07, 6.45) is 8.12. The number of pyridine rings is 1. The Morgan fingerprint density at radius 2 is 1.73 bits per heavy atom. The molecule has 5 rings (SSSR count). The van der Waals surface area contributed by atoms with Gasteiger partial charge in [-0.3, -0.25) is 14.7 Å². The monoisotopic (exact) mass is 553 g/mol. The summed E-state index contributed by atoms with van der Waals surface area (Å²) in [6.45, 7) is 13.3. The number of carbonyl (C=O) groups is 1. The molecule has 5 heteroatoms. The molecule has 0 amide bonds. The number of aryl methyl sites for hydroxylation is 1. The van der Waals surface area contributed by atoms with Crippen LogP contribution in [0.25, 0.3) is 0 Å². The molecule has 2 aliphatic heterocycles. The maximum atomic E-state index is 12.5. The summed E-state index contributed by atoms with van der Waals surface area (Å²) in [6, 6.07) is 21.4. The van der Waals surface area contributed by atoms with Crippen molar-refractivity contribution in [3.63, 3.8) is 0 Å². The number of hydrogen-bond donors (Lipinski definition) is 1. The van der Waals surface area contributed by atoms with E-state index in [9.17, 15) is 9.90 Å². The van der Waals surface area contributed by atoms with Crippen LogP contribution in [0.4, 0.5) is 0 Å². The molecule has 0 radical (unpaired) electrons. The van der Waals surface area contributed by atoms with Gasteiger partial charge in [0.05, 0.1) is 0 Å². The fourth-order valence-corrected chi connectivity index (χ4v) is 7.20. The molecule has 3 aromatic rings. The van der Waals surface area contributed by atoms with Gasteiger partial charge in [-0.15, -0.1) is 0 Å². The van der Waals surface area contributed by atoms with E-state index in [-0.39, 0.29) is 5.41 Å². The van der Waals surface area contributed by atoms with Crippen LogP contribution in [0.1, 0.15) is 79.7 Å². The van der Waals surface area contributed by atoms with Gasteiger partial charge in [0.25, 0.3) is 0 Å². The summed E-state index contributed by atoms with van der Waals surface area (Å²) in [5, 5.41) is 10.3. The highest BCUT2D eigenvalue weighted by molar-refractivity contribution is 5.74. The molecular weight excluding hydrogens is 506 g/mol. The second-order valence-corrected chi connectivity index (χ2v) is 13.2. The van der Waals surface area contributed by atoms with Crippen molar-refractivity contribution in [1.82, 2.24) is 14.8 Å². The third kappa shape index (κ3) is 7.07. The van der Waals surface area contributed by atoms with Crippen LogP contribution in [0, 0.1) is 18.3 Å². The zero-order chi connectivity index (χ0) is 29.0. The lowest BCUT2D eigenvalue weighted by molar-refractivity contribution is -0.147. The quantitative estimate of drug-likeness (QED) is 0.300. The predicted octanol–water partition coefficient (Wildman–Crippen LogP) is 6.77. The first kappa shape index (κ1) is 29.5. The van der Waals surface area contributed by atoms with Gasteiger partial charge >= 0.3 is 5.97 Å². The molecule has 218 valence electrons. The van der Waals surface area contributed by atoms with Gasteiger partial charge in [-0.25, -0.2) is 0 Å². The van der Waals surface area contributed by atoms with Crippen molar-refractivity contribution in [3.05, 3.63) is 101 Å². The number of likely N-dealkylation sites (tertiary alicyclic amines) is 2. The molecule has 2 fully saturated rings. The molecule has 1 N–H and O–H groups in total. The first-order valence-electron chi connectivity index (χ1n) is 15.5. The summed E-state index contributed by atoms with van der Waals surface area (Å²) in [7, 11) is 0. The van der Waals surface area contributed by atoms with E-state index in [1.54, 1.807) is 0 Å². The highest BCUT2D eigenvalue weighted by Crippen LogP contribution is 2.40. The minimum Gasteiger partial charge on any atom is -0.480 e. The Kier molecular flexibility index (Phi) is 9.25. The van der Waals surface area contributed by atoms with E-state index in [0.717, 1.165) is 58.4 Å². The Balaban J connectivity index is 1.26. The van der Waals surface area contributed by atoms with Crippen LogP contribution in [0.5, 0.6) is 0 Å². The number of benzene rings is 2. The lowest BCUT2D eigenvalue weighted by atomic mass is 9.81. The molecule has 2 aromatic carbocycles. The fraction of sp³-hybridized carbons (Fsp3) is 0.500. The summed E-state index contributed by atoms with van der Waals surface area (Å²) >= 11 is 0. The summed E-state index contributed by atoms with van der Waals surface area (Å²) < 4.78 is 0. The molecule has 3 unspecified atom stereocenters. The van der Waals surface area contributed by atoms with Gasteiger partial charge < -0.3 is 10.0 Å². The molecule has 0 spiro atoms. The third-order valence-corrected chi connectivity index (χ3v) is 9.81. The average Bonchev–Trinajstić information content (AvgIpc) is 3.36. The van der Waals surface area contributed by atoms with Crippen LogP contribution in [-0.2, 0) is 11.2 Å². The standard InChI is InChI=1S/C36H47N3O2/c1-5-36(3,4)34(35(40)41)39-24-32(33(25-39)30-13-9-10-26(2)18-30)23-38-16-14-29(15-17-38)31-20-28(21-37-22-31)19-27-11-7-6-8-12-27/h6-13,18,20-22,29,32-34H,5,14-17,19,23-25H2,1-4H3,(H,40,41). The summed E-state index contributed by atoms with van der Waals surface area (Å²) in [4.78, 5) is 22.0. The smallest absolute Gasteiger partial charge is 0.321 e. The molecule has 2 saturated heterocycles. The van der Waals surface area contributed by atoms with Crippen LogP contribution >= 0.6 is 0 Å². The second-order valence-electron chi connectivity index (χ2n) is 13.2. The van der Waals surface area contributed by atoms with Crippen LogP contribution in [0.3, 0.4) is 0 Å². The van der Waals surface area contributed by atoms with Gasteiger partial charge in [0.15, 0.2) is 0 Å². The lowest BCUT2D eigenvalue weighted by Gasteiger charge is -2.37. The minimum atomic E-state index is -0.690. The molecule has 3 heterocycles. The van der Waals surface area contributed by atoms with Crippen molar-refractivity contribution >= 4 is 5.97 Å².